The van der Waals surface area contributed by atoms with Crippen molar-refractivity contribution in [2.45, 2.75) is 58.7 Å². The minimum absolute atomic E-state index is 0.233. The molecule has 3 rings (SSSR count). The van der Waals surface area contributed by atoms with Gasteiger partial charge >= 0.3 is 0 Å². The lowest BCUT2D eigenvalue weighted by molar-refractivity contribution is -0.184. The van der Waals surface area contributed by atoms with E-state index in [-0.39, 0.29) is 17.4 Å². The summed E-state index contributed by atoms with van der Waals surface area (Å²) in [5, 5.41) is 0. The molecule has 4 heteroatoms. The zero-order chi connectivity index (χ0) is 20.1. The summed E-state index contributed by atoms with van der Waals surface area (Å²) in [5.41, 5.74) is 2.01. The van der Waals surface area contributed by atoms with Crippen molar-refractivity contribution in [2.75, 3.05) is 0 Å². The lowest BCUT2D eigenvalue weighted by Crippen LogP contribution is -2.58. The minimum Gasteiger partial charge on any atom is -0.354 e. The Balaban J connectivity index is 2.16. The Labute approximate surface area is 159 Å². The number of aryl methyl sites for hydroxylation is 2. The molecule has 2 aromatic rings. The molecule has 0 radical (unpaired) electrons. The zero-order valence-corrected chi connectivity index (χ0v) is 16.6. The Morgan fingerprint density at radius 1 is 0.852 bits per heavy atom. The van der Waals surface area contributed by atoms with Crippen LogP contribution in [0.4, 0.5) is 4.39 Å². The lowest BCUT2D eigenvalue weighted by atomic mass is 9.73. The van der Waals surface area contributed by atoms with E-state index >= 15 is 0 Å². The third-order valence-corrected chi connectivity index (χ3v) is 5.31. The smallest absolute Gasteiger partial charge is 0.179 e. The van der Waals surface area contributed by atoms with Crippen LogP contribution in [0.5, 0.6) is 0 Å². The van der Waals surface area contributed by atoms with Crippen LogP contribution in [-0.4, -0.2) is 22.8 Å². The van der Waals surface area contributed by atoms with Crippen molar-refractivity contribution in [2.24, 2.45) is 0 Å². The number of carbonyl (C=O) groups excluding carboxylic acids is 2. The van der Waals surface area contributed by atoms with Crippen LogP contribution in [0.1, 0.15) is 50.3 Å². The van der Waals surface area contributed by atoms with E-state index in [1.54, 1.807) is 33.8 Å². The summed E-state index contributed by atoms with van der Waals surface area (Å²) in [4.78, 5) is 26.1. The monoisotopic (exact) mass is 368 g/mol. The normalized spacial score (nSPS) is 19.4. The molecular weight excluding hydrogens is 343 g/mol. The molecule has 0 spiro atoms. The number of halogens is 1. The van der Waals surface area contributed by atoms with Crippen molar-refractivity contribution in [1.82, 2.24) is 0 Å². The molecule has 0 aromatic heterocycles. The molecule has 0 amide bonds. The van der Waals surface area contributed by atoms with Gasteiger partial charge in [0, 0.05) is 0 Å². The molecule has 142 valence electrons. The summed E-state index contributed by atoms with van der Waals surface area (Å²) >= 11 is 0. The van der Waals surface area contributed by atoms with Gasteiger partial charge in [0.15, 0.2) is 11.6 Å². The van der Waals surface area contributed by atoms with Crippen molar-refractivity contribution < 1.29 is 18.7 Å². The van der Waals surface area contributed by atoms with Crippen LogP contribution in [0.3, 0.4) is 0 Å². The van der Waals surface area contributed by atoms with Gasteiger partial charge in [-0.25, -0.2) is 4.39 Å². The van der Waals surface area contributed by atoms with E-state index in [1.165, 1.54) is 12.1 Å². The summed E-state index contributed by atoms with van der Waals surface area (Å²) in [6, 6.07) is 10.3. The van der Waals surface area contributed by atoms with Gasteiger partial charge in [-0.2, -0.15) is 0 Å². The van der Waals surface area contributed by atoms with Gasteiger partial charge in [0.05, 0.1) is 0 Å². The molecule has 1 aliphatic rings. The van der Waals surface area contributed by atoms with Crippen LogP contribution in [0.2, 0.25) is 0 Å². The fourth-order valence-corrected chi connectivity index (χ4v) is 3.91. The van der Waals surface area contributed by atoms with Crippen LogP contribution in [-0.2, 0) is 14.3 Å². The van der Waals surface area contributed by atoms with Crippen LogP contribution in [0.25, 0.3) is 11.1 Å². The summed E-state index contributed by atoms with van der Waals surface area (Å²) in [5.74, 6) is -1.63. The van der Waals surface area contributed by atoms with Crippen molar-refractivity contribution in [3.8, 4) is 11.1 Å². The van der Waals surface area contributed by atoms with Crippen molar-refractivity contribution in [3.63, 3.8) is 0 Å². The Bertz CT molecular complexity index is 915. The molecule has 0 atom stereocenters. The first kappa shape index (κ1) is 19.4. The van der Waals surface area contributed by atoms with Crippen LogP contribution < -0.4 is 0 Å². The average Bonchev–Trinajstić information content (AvgIpc) is 2.55. The highest BCUT2D eigenvalue weighted by molar-refractivity contribution is 6.15. The summed E-state index contributed by atoms with van der Waals surface area (Å²) in [7, 11) is 0. The molecule has 1 saturated heterocycles. The number of rotatable bonds is 2. The van der Waals surface area contributed by atoms with Crippen LogP contribution >= 0.6 is 0 Å². The van der Waals surface area contributed by atoms with E-state index in [0.717, 1.165) is 22.3 Å². The standard InChI is InChI=1S/C23H25FO3/c1-13-7-8-15(17-10-9-16(24)11-14(17)2)12-18(13)19-20(25)22(3,4)27-23(5,6)21(19)26/h7-12,19H,1-6H3. The highest BCUT2D eigenvalue weighted by atomic mass is 19.1. The van der Waals surface area contributed by atoms with Gasteiger partial charge in [-0.15, -0.1) is 0 Å². The molecule has 2 aromatic carbocycles. The zero-order valence-electron chi connectivity index (χ0n) is 16.6. The van der Waals surface area contributed by atoms with Crippen molar-refractivity contribution in [1.29, 1.82) is 0 Å². The molecule has 3 nitrogen and oxygen atoms in total. The molecule has 0 aliphatic carbocycles. The van der Waals surface area contributed by atoms with E-state index in [9.17, 15) is 14.0 Å². The van der Waals surface area contributed by atoms with E-state index in [4.69, 9.17) is 4.74 Å². The predicted octanol–water partition coefficient (Wildman–Crippen LogP) is 4.92. The van der Waals surface area contributed by atoms with Gasteiger partial charge in [-0.1, -0.05) is 18.2 Å². The van der Waals surface area contributed by atoms with Gasteiger partial charge in [0.1, 0.15) is 22.9 Å². The Morgan fingerprint density at radius 3 is 2.00 bits per heavy atom. The molecule has 27 heavy (non-hydrogen) atoms. The molecule has 0 N–H and O–H groups in total. The number of ether oxygens (including phenoxy) is 1. The Kier molecular flexibility index (Phi) is 4.59. The SMILES string of the molecule is Cc1cc(F)ccc1-c1ccc(C)c(C2C(=O)C(C)(C)OC(C)(C)C2=O)c1. The first-order valence-corrected chi connectivity index (χ1v) is 9.10. The van der Waals surface area contributed by atoms with Gasteiger partial charge in [0.2, 0.25) is 0 Å². The highest BCUT2D eigenvalue weighted by Crippen LogP contribution is 2.40. The highest BCUT2D eigenvalue weighted by Gasteiger charge is 2.53. The largest absolute Gasteiger partial charge is 0.354 e. The van der Waals surface area contributed by atoms with Gasteiger partial charge in [-0.3, -0.25) is 9.59 Å². The van der Waals surface area contributed by atoms with Crippen molar-refractivity contribution >= 4 is 11.6 Å². The molecule has 0 bridgehead atoms. The van der Waals surface area contributed by atoms with E-state index in [0.29, 0.717) is 5.56 Å². The van der Waals surface area contributed by atoms with Crippen LogP contribution in [0, 0.1) is 19.7 Å². The number of Topliss-reactive ketones (excluding diaryl/α,β-unsaturated/α-hetero) is 2. The predicted molar refractivity (Wildman–Crippen MR) is 103 cm³/mol. The number of carbonyl (C=O) groups is 2. The fourth-order valence-electron chi connectivity index (χ4n) is 3.91. The van der Waals surface area contributed by atoms with Gasteiger partial charge in [0.25, 0.3) is 0 Å². The topological polar surface area (TPSA) is 43.4 Å². The maximum atomic E-state index is 13.5. The first-order valence-electron chi connectivity index (χ1n) is 9.10. The second kappa shape index (κ2) is 6.38. The number of ketones is 2. The van der Waals surface area contributed by atoms with E-state index in [2.05, 4.69) is 0 Å². The molecule has 1 aliphatic heterocycles. The van der Waals surface area contributed by atoms with E-state index in [1.807, 2.05) is 32.0 Å². The van der Waals surface area contributed by atoms with Crippen molar-refractivity contribution in [3.05, 3.63) is 58.9 Å². The Morgan fingerprint density at radius 2 is 1.44 bits per heavy atom. The number of hydrogen-bond donors (Lipinski definition) is 0. The summed E-state index contributed by atoms with van der Waals surface area (Å²) < 4.78 is 19.3. The lowest BCUT2D eigenvalue weighted by Gasteiger charge is -2.43. The molecule has 0 saturated carbocycles. The number of benzene rings is 2. The summed E-state index contributed by atoms with van der Waals surface area (Å²) in [6.07, 6.45) is 0. The molecular formula is C23H25FO3. The minimum atomic E-state index is -1.05. The fraction of sp³-hybridized carbons (Fsp3) is 0.391. The molecule has 1 heterocycles. The molecule has 1 fully saturated rings. The second-order valence-corrected chi connectivity index (χ2v) is 8.31. The quantitative estimate of drug-likeness (QED) is 0.707. The maximum Gasteiger partial charge on any atom is 0.179 e. The van der Waals surface area contributed by atoms with E-state index < -0.39 is 17.1 Å². The summed E-state index contributed by atoms with van der Waals surface area (Å²) in [6.45, 7) is 10.6. The van der Waals surface area contributed by atoms with Gasteiger partial charge in [-0.05, 0) is 87.6 Å². The maximum absolute atomic E-state index is 13.5. The Hall–Kier alpha value is -2.33. The molecule has 0 unspecified atom stereocenters. The third kappa shape index (κ3) is 3.34. The second-order valence-electron chi connectivity index (χ2n) is 8.31. The average molecular weight is 368 g/mol. The number of hydrogen-bond acceptors (Lipinski definition) is 3. The third-order valence-electron chi connectivity index (χ3n) is 5.31. The van der Waals surface area contributed by atoms with Crippen LogP contribution in [0.15, 0.2) is 36.4 Å². The first-order chi connectivity index (χ1) is 12.4. The van der Waals surface area contributed by atoms with Gasteiger partial charge < -0.3 is 4.74 Å².